The first-order chi connectivity index (χ1) is 12.7. The number of carbonyl (C=O) groups excluding carboxylic acids is 2. The van der Waals surface area contributed by atoms with E-state index in [1.165, 1.54) is 0 Å². The summed E-state index contributed by atoms with van der Waals surface area (Å²) in [5, 5.41) is 0. The van der Waals surface area contributed by atoms with Crippen LogP contribution in [0.15, 0.2) is 24.3 Å². The molecule has 3 rings (SSSR count). The molecule has 1 amide bonds. The second kappa shape index (κ2) is 9.03. The summed E-state index contributed by atoms with van der Waals surface area (Å²) in [7, 11) is 0. The van der Waals surface area contributed by atoms with Crippen LogP contribution in [0.4, 0.5) is 4.79 Å². The predicted molar refractivity (Wildman–Crippen MR) is 98.6 cm³/mol. The number of Topliss-reactive ketones (excluding diaryl/α,β-unsaturated/α-hetero) is 1. The van der Waals surface area contributed by atoms with Crippen LogP contribution in [0.25, 0.3) is 0 Å². The molecule has 1 heterocycles. The van der Waals surface area contributed by atoms with Crippen LogP contribution in [0.1, 0.15) is 36.5 Å². The summed E-state index contributed by atoms with van der Waals surface area (Å²) in [5.41, 5.74) is 0.791. The zero-order valence-electron chi connectivity index (χ0n) is 15.5. The molecule has 6 nitrogen and oxygen atoms in total. The molecular formula is C20H28N2O4. The molecule has 1 saturated heterocycles. The fourth-order valence-electron chi connectivity index (χ4n) is 3.14. The lowest BCUT2D eigenvalue weighted by Crippen LogP contribution is -2.49. The molecule has 0 atom stereocenters. The molecule has 142 valence electrons. The van der Waals surface area contributed by atoms with Gasteiger partial charge in [0, 0.05) is 44.2 Å². The van der Waals surface area contributed by atoms with Crippen molar-refractivity contribution in [3.63, 3.8) is 0 Å². The van der Waals surface area contributed by atoms with Gasteiger partial charge in [0.15, 0.2) is 5.78 Å². The van der Waals surface area contributed by atoms with Crippen molar-refractivity contribution in [3.05, 3.63) is 29.8 Å². The van der Waals surface area contributed by atoms with E-state index in [9.17, 15) is 9.59 Å². The van der Waals surface area contributed by atoms with Crippen molar-refractivity contribution in [2.24, 2.45) is 5.92 Å². The molecule has 2 aliphatic rings. The van der Waals surface area contributed by atoms with Crippen molar-refractivity contribution in [1.29, 1.82) is 0 Å². The molecule has 0 aromatic heterocycles. The minimum absolute atomic E-state index is 0.209. The number of benzene rings is 1. The Hall–Kier alpha value is -2.08. The minimum atomic E-state index is -0.209. The van der Waals surface area contributed by atoms with E-state index < -0.39 is 0 Å². The third kappa shape index (κ3) is 5.21. The minimum Gasteiger partial charge on any atom is -0.494 e. The van der Waals surface area contributed by atoms with Gasteiger partial charge in [-0.3, -0.25) is 9.69 Å². The van der Waals surface area contributed by atoms with Gasteiger partial charge in [0.2, 0.25) is 0 Å². The molecule has 1 saturated carbocycles. The monoisotopic (exact) mass is 360 g/mol. The van der Waals surface area contributed by atoms with Gasteiger partial charge in [-0.1, -0.05) is 0 Å². The van der Waals surface area contributed by atoms with E-state index in [0.29, 0.717) is 13.2 Å². The number of hydrogen-bond acceptors (Lipinski definition) is 5. The third-order valence-electron chi connectivity index (χ3n) is 4.87. The molecule has 0 unspecified atom stereocenters. The predicted octanol–water partition coefficient (Wildman–Crippen LogP) is 2.82. The van der Waals surface area contributed by atoms with Gasteiger partial charge >= 0.3 is 6.09 Å². The number of carbonyl (C=O) groups is 2. The van der Waals surface area contributed by atoms with Crippen LogP contribution < -0.4 is 4.74 Å². The highest BCUT2D eigenvalue weighted by molar-refractivity contribution is 5.99. The maximum absolute atomic E-state index is 12.0. The van der Waals surface area contributed by atoms with Crippen LogP contribution in [0.5, 0.6) is 5.75 Å². The molecule has 1 aliphatic heterocycles. The van der Waals surface area contributed by atoms with E-state index >= 15 is 0 Å². The summed E-state index contributed by atoms with van der Waals surface area (Å²) in [4.78, 5) is 27.8. The van der Waals surface area contributed by atoms with Gasteiger partial charge in [0.05, 0.1) is 13.2 Å². The van der Waals surface area contributed by atoms with Crippen molar-refractivity contribution in [1.82, 2.24) is 9.80 Å². The first-order valence-electron chi connectivity index (χ1n) is 9.58. The molecule has 0 bridgehead atoms. The molecule has 1 aromatic carbocycles. The number of ether oxygens (including phenoxy) is 2. The molecule has 26 heavy (non-hydrogen) atoms. The van der Waals surface area contributed by atoms with Gasteiger partial charge in [-0.2, -0.15) is 0 Å². The van der Waals surface area contributed by atoms with Crippen LogP contribution >= 0.6 is 0 Å². The SMILES string of the molecule is CCOC(=O)N1CCN(CCCOc2ccc(C(=O)C3CC3)cc2)CC1. The molecule has 6 heteroatoms. The van der Waals surface area contributed by atoms with E-state index in [4.69, 9.17) is 9.47 Å². The Kier molecular flexibility index (Phi) is 6.50. The summed E-state index contributed by atoms with van der Waals surface area (Å²) in [6, 6.07) is 7.50. The fourth-order valence-corrected chi connectivity index (χ4v) is 3.14. The number of hydrogen-bond donors (Lipinski definition) is 0. The first-order valence-corrected chi connectivity index (χ1v) is 9.58. The lowest BCUT2D eigenvalue weighted by atomic mass is 10.1. The normalized spacial score (nSPS) is 17.8. The highest BCUT2D eigenvalue weighted by Crippen LogP contribution is 2.32. The molecule has 1 aliphatic carbocycles. The van der Waals surface area contributed by atoms with Crippen molar-refractivity contribution in [3.8, 4) is 5.75 Å². The van der Waals surface area contributed by atoms with Gasteiger partial charge < -0.3 is 14.4 Å². The van der Waals surface area contributed by atoms with Crippen molar-refractivity contribution in [2.75, 3.05) is 45.9 Å². The lowest BCUT2D eigenvalue weighted by Gasteiger charge is -2.33. The van der Waals surface area contributed by atoms with Gasteiger partial charge in [-0.05, 0) is 50.5 Å². The van der Waals surface area contributed by atoms with Gasteiger partial charge in [-0.25, -0.2) is 4.79 Å². The number of amides is 1. The highest BCUT2D eigenvalue weighted by Gasteiger charge is 2.30. The van der Waals surface area contributed by atoms with Crippen LogP contribution in [-0.4, -0.2) is 67.6 Å². The molecule has 1 aromatic rings. The Bertz CT molecular complexity index is 605. The topological polar surface area (TPSA) is 59.1 Å². The van der Waals surface area contributed by atoms with Crippen LogP contribution in [0.3, 0.4) is 0 Å². The number of ketones is 1. The first kappa shape index (κ1) is 18.7. The quantitative estimate of drug-likeness (QED) is 0.527. The van der Waals surface area contributed by atoms with Gasteiger partial charge in [0.1, 0.15) is 5.75 Å². The number of nitrogens with zero attached hydrogens (tertiary/aromatic N) is 2. The highest BCUT2D eigenvalue weighted by atomic mass is 16.6. The standard InChI is InChI=1S/C20H28N2O4/c1-2-25-20(24)22-13-11-21(12-14-22)10-3-15-26-18-8-6-17(7-9-18)19(23)16-4-5-16/h6-9,16H,2-5,10-15H2,1H3. The van der Waals surface area contributed by atoms with E-state index in [-0.39, 0.29) is 17.8 Å². The largest absolute Gasteiger partial charge is 0.494 e. The Morgan fingerprint density at radius 2 is 1.77 bits per heavy atom. The summed E-state index contributed by atoms with van der Waals surface area (Å²) in [5.74, 6) is 1.33. The van der Waals surface area contributed by atoms with Gasteiger partial charge in [0.25, 0.3) is 0 Å². The Labute approximate surface area is 155 Å². The van der Waals surface area contributed by atoms with Crippen molar-refractivity contribution < 1.29 is 19.1 Å². The number of piperazine rings is 1. The Morgan fingerprint density at radius 1 is 1.08 bits per heavy atom. The lowest BCUT2D eigenvalue weighted by molar-refractivity contribution is 0.0781. The fraction of sp³-hybridized carbons (Fsp3) is 0.600. The smallest absolute Gasteiger partial charge is 0.409 e. The van der Waals surface area contributed by atoms with Crippen molar-refractivity contribution >= 4 is 11.9 Å². The third-order valence-corrected chi connectivity index (χ3v) is 4.87. The maximum atomic E-state index is 12.0. The van der Waals surface area contributed by atoms with Crippen LogP contribution in [-0.2, 0) is 4.74 Å². The van der Waals surface area contributed by atoms with E-state index in [1.807, 2.05) is 31.2 Å². The molecule has 0 N–H and O–H groups in total. The van der Waals surface area contributed by atoms with Crippen molar-refractivity contribution in [2.45, 2.75) is 26.2 Å². The van der Waals surface area contributed by atoms with E-state index in [0.717, 1.165) is 63.3 Å². The summed E-state index contributed by atoms with van der Waals surface area (Å²) in [6.45, 7) is 7.03. The second-order valence-corrected chi connectivity index (χ2v) is 6.89. The van der Waals surface area contributed by atoms with Crippen LogP contribution in [0, 0.1) is 5.92 Å². The zero-order chi connectivity index (χ0) is 18.4. The van der Waals surface area contributed by atoms with Gasteiger partial charge in [-0.15, -0.1) is 0 Å². The molecule has 2 fully saturated rings. The zero-order valence-corrected chi connectivity index (χ0v) is 15.5. The summed E-state index contributed by atoms with van der Waals surface area (Å²) < 4.78 is 10.8. The summed E-state index contributed by atoms with van der Waals surface area (Å²) in [6.07, 6.45) is 2.79. The molecular weight excluding hydrogens is 332 g/mol. The average molecular weight is 360 g/mol. The average Bonchev–Trinajstić information content (AvgIpc) is 3.51. The molecule has 0 radical (unpaired) electrons. The molecule has 0 spiro atoms. The second-order valence-electron chi connectivity index (χ2n) is 6.89. The van der Waals surface area contributed by atoms with E-state index in [1.54, 1.807) is 4.90 Å². The Balaban J connectivity index is 1.31. The Morgan fingerprint density at radius 3 is 2.38 bits per heavy atom. The van der Waals surface area contributed by atoms with E-state index in [2.05, 4.69) is 4.90 Å². The maximum Gasteiger partial charge on any atom is 0.409 e. The summed E-state index contributed by atoms with van der Waals surface area (Å²) >= 11 is 0. The van der Waals surface area contributed by atoms with Crippen LogP contribution in [0.2, 0.25) is 0 Å². The number of rotatable bonds is 8.